The number of nitrogens with zero attached hydrogens (tertiary/aromatic N) is 1. The molecule has 0 fully saturated rings. The summed E-state index contributed by atoms with van der Waals surface area (Å²) in [7, 11) is 1.28. The summed E-state index contributed by atoms with van der Waals surface area (Å²) in [5.74, 6) is -1.03. The van der Waals surface area contributed by atoms with Crippen molar-refractivity contribution in [3.63, 3.8) is 0 Å². The molecular formula is C13H8ClFINO2. The number of esters is 1. The Morgan fingerprint density at radius 2 is 2.21 bits per heavy atom. The Hall–Kier alpha value is -1.21. The predicted octanol–water partition coefficient (Wildman–Crippen LogP) is 3.93. The Labute approximate surface area is 127 Å². The number of benzene rings is 1. The molecule has 3 nitrogen and oxygen atoms in total. The summed E-state index contributed by atoms with van der Waals surface area (Å²) in [6, 6.07) is 6.39. The van der Waals surface area contributed by atoms with E-state index in [4.69, 9.17) is 11.6 Å². The van der Waals surface area contributed by atoms with E-state index in [1.54, 1.807) is 18.2 Å². The fraction of sp³-hybridized carbons (Fsp3) is 0.0769. The Morgan fingerprint density at radius 1 is 1.47 bits per heavy atom. The van der Waals surface area contributed by atoms with E-state index < -0.39 is 11.8 Å². The molecule has 6 heteroatoms. The molecule has 2 aromatic rings. The molecule has 0 N–H and O–H groups in total. The number of halogens is 3. The zero-order valence-electron chi connectivity index (χ0n) is 9.78. The van der Waals surface area contributed by atoms with E-state index in [0.717, 1.165) is 0 Å². The first kappa shape index (κ1) is 14.2. The number of ether oxygens (including phenoxy) is 1. The van der Waals surface area contributed by atoms with E-state index in [1.807, 2.05) is 22.6 Å². The molecule has 0 spiro atoms. The summed E-state index contributed by atoms with van der Waals surface area (Å²) in [5.41, 5.74) is 1.10. The van der Waals surface area contributed by atoms with E-state index >= 15 is 0 Å². The van der Waals surface area contributed by atoms with E-state index in [0.29, 0.717) is 14.7 Å². The minimum Gasteiger partial charge on any atom is -0.464 e. The van der Waals surface area contributed by atoms with Gasteiger partial charge in [0, 0.05) is 20.9 Å². The molecule has 0 saturated heterocycles. The maximum atomic E-state index is 13.9. The SMILES string of the molecule is COC(=O)c1ncc(-c2cccc(Cl)c2F)cc1I. The van der Waals surface area contributed by atoms with Gasteiger partial charge in [0.1, 0.15) is 5.82 Å². The lowest BCUT2D eigenvalue weighted by Crippen LogP contribution is -2.06. The van der Waals surface area contributed by atoms with Crippen molar-refractivity contribution in [2.75, 3.05) is 7.11 Å². The molecule has 0 radical (unpaired) electrons. The lowest BCUT2D eigenvalue weighted by atomic mass is 10.1. The fourth-order valence-electron chi connectivity index (χ4n) is 1.56. The summed E-state index contributed by atoms with van der Waals surface area (Å²) >= 11 is 7.69. The van der Waals surface area contributed by atoms with Crippen molar-refractivity contribution in [1.29, 1.82) is 0 Å². The third-order valence-corrected chi connectivity index (χ3v) is 3.60. The second kappa shape index (κ2) is 5.83. The second-order valence-corrected chi connectivity index (χ2v) is 5.22. The highest BCUT2D eigenvalue weighted by molar-refractivity contribution is 14.1. The molecular weight excluding hydrogens is 384 g/mol. The summed E-state index contributed by atoms with van der Waals surface area (Å²) in [5, 5.41) is 0.0459. The van der Waals surface area contributed by atoms with Crippen molar-refractivity contribution >= 4 is 40.2 Å². The number of carbonyl (C=O) groups excluding carboxylic acids is 1. The quantitative estimate of drug-likeness (QED) is 0.575. The van der Waals surface area contributed by atoms with E-state index in [2.05, 4.69) is 9.72 Å². The van der Waals surface area contributed by atoms with Crippen molar-refractivity contribution in [2.24, 2.45) is 0 Å². The van der Waals surface area contributed by atoms with Crippen LogP contribution in [-0.4, -0.2) is 18.1 Å². The van der Waals surface area contributed by atoms with Crippen LogP contribution < -0.4 is 0 Å². The van der Waals surface area contributed by atoms with E-state index in [-0.39, 0.29) is 10.7 Å². The van der Waals surface area contributed by atoms with Gasteiger partial charge in [-0.2, -0.15) is 0 Å². The molecule has 0 aliphatic rings. The molecule has 2 rings (SSSR count). The lowest BCUT2D eigenvalue weighted by Gasteiger charge is -2.07. The lowest BCUT2D eigenvalue weighted by molar-refractivity contribution is 0.0593. The average molecular weight is 392 g/mol. The standard InChI is InChI=1S/C13H8ClFINO2/c1-19-13(18)12-10(16)5-7(6-17-12)8-3-2-4-9(14)11(8)15/h2-6H,1H3. The largest absolute Gasteiger partial charge is 0.464 e. The molecule has 0 atom stereocenters. The zero-order chi connectivity index (χ0) is 14.0. The minimum atomic E-state index is -0.525. The molecule has 0 aliphatic heterocycles. The number of hydrogen-bond donors (Lipinski definition) is 0. The van der Waals surface area contributed by atoms with Gasteiger partial charge in [0.25, 0.3) is 0 Å². The van der Waals surface area contributed by atoms with Gasteiger partial charge in [-0.3, -0.25) is 0 Å². The van der Waals surface area contributed by atoms with Gasteiger partial charge in [-0.05, 0) is 34.7 Å². The van der Waals surface area contributed by atoms with Crippen LogP contribution in [0.2, 0.25) is 5.02 Å². The van der Waals surface area contributed by atoms with Crippen LogP contribution in [0, 0.1) is 9.39 Å². The smallest absolute Gasteiger partial charge is 0.357 e. The maximum Gasteiger partial charge on any atom is 0.357 e. The van der Waals surface area contributed by atoms with Gasteiger partial charge in [0.2, 0.25) is 0 Å². The number of pyridine rings is 1. The van der Waals surface area contributed by atoms with Gasteiger partial charge >= 0.3 is 5.97 Å². The predicted molar refractivity (Wildman–Crippen MR) is 78.7 cm³/mol. The second-order valence-electron chi connectivity index (χ2n) is 3.65. The zero-order valence-corrected chi connectivity index (χ0v) is 12.7. The molecule has 1 aromatic heterocycles. The first-order valence-electron chi connectivity index (χ1n) is 5.23. The number of hydrogen-bond acceptors (Lipinski definition) is 3. The maximum absolute atomic E-state index is 13.9. The number of rotatable bonds is 2. The van der Waals surface area contributed by atoms with Gasteiger partial charge < -0.3 is 4.74 Å². The summed E-state index contributed by atoms with van der Waals surface area (Å²) in [6.07, 6.45) is 1.42. The summed E-state index contributed by atoms with van der Waals surface area (Å²) < 4.78 is 19.1. The van der Waals surface area contributed by atoms with Crippen LogP contribution in [-0.2, 0) is 4.74 Å². The summed E-state index contributed by atoms with van der Waals surface area (Å²) in [6.45, 7) is 0. The van der Waals surface area contributed by atoms with Crippen LogP contribution >= 0.6 is 34.2 Å². The fourth-order valence-corrected chi connectivity index (χ4v) is 2.43. The van der Waals surface area contributed by atoms with Gasteiger partial charge in [-0.15, -0.1) is 0 Å². The third kappa shape index (κ3) is 2.87. The number of methoxy groups -OCH3 is 1. The van der Waals surface area contributed by atoms with Gasteiger partial charge in [0.15, 0.2) is 5.69 Å². The van der Waals surface area contributed by atoms with Crippen molar-refractivity contribution < 1.29 is 13.9 Å². The van der Waals surface area contributed by atoms with Gasteiger partial charge in [-0.1, -0.05) is 23.7 Å². The third-order valence-electron chi connectivity index (χ3n) is 2.48. The van der Waals surface area contributed by atoms with E-state index in [9.17, 15) is 9.18 Å². The molecule has 0 aliphatic carbocycles. The monoisotopic (exact) mass is 391 g/mol. The highest BCUT2D eigenvalue weighted by atomic mass is 127. The molecule has 98 valence electrons. The molecule has 19 heavy (non-hydrogen) atoms. The summed E-state index contributed by atoms with van der Waals surface area (Å²) in [4.78, 5) is 15.4. The van der Waals surface area contributed by atoms with Crippen molar-refractivity contribution in [1.82, 2.24) is 4.98 Å². The van der Waals surface area contributed by atoms with Crippen LogP contribution in [0.3, 0.4) is 0 Å². The number of carbonyl (C=O) groups is 1. The number of aromatic nitrogens is 1. The van der Waals surface area contributed by atoms with Crippen LogP contribution in [0.15, 0.2) is 30.5 Å². The van der Waals surface area contributed by atoms with Crippen LogP contribution in [0.25, 0.3) is 11.1 Å². The van der Waals surface area contributed by atoms with Crippen molar-refractivity contribution in [3.05, 3.63) is 50.6 Å². The highest BCUT2D eigenvalue weighted by Crippen LogP contribution is 2.28. The van der Waals surface area contributed by atoms with Crippen LogP contribution in [0.4, 0.5) is 4.39 Å². The topological polar surface area (TPSA) is 39.2 Å². The van der Waals surface area contributed by atoms with Crippen molar-refractivity contribution in [2.45, 2.75) is 0 Å². The molecule has 1 aromatic carbocycles. The Morgan fingerprint density at radius 3 is 2.84 bits per heavy atom. The first-order valence-corrected chi connectivity index (χ1v) is 6.68. The molecule has 0 bridgehead atoms. The van der Waals surface area contributed by atoms with E-state index in [1.165, 1.54) is 19.4 Å². The highest BCUT2D eigenvalue weighted by Gasteiger charge is 2.15. The Bertz CT molecular complexity index is 649. The van der Waals surface area contributed by atoms with Crippen LogP contribution in [0.5, 0.6) is 0 Å². The van der Waals surface area contributed by atoms with Gasteiger partial charge in [-0.25, -0.2) is 14.2 Å². The molecule has 0 unspecified atom stereocenters. The first-order chi connectivity index (χ1) is 9.04. The normalized spacial score (nSPS) is 10.3. The van der Waals surface area contributed by atoms with Crippen LogP contribution in [0.1, 0.15) is 10.5 Å². The van der Waals surface area contributed by atoms with Gasteiger partial charge in [0.05, 0.1) is 12.1 Å². The minimum absolute atomic E-state index is 0.0459. The average Bonchev–Trinajstić information content (AvgIpc) is 2.41. The molecule has 1 heterocycles. The molecule has 0 saturated carbocycles. The Kier molecular flexibility index (Phi) is 4.36. The van der Waals surface area contributed by atoms with Crippen molar-refractivity contribution in [3.8, 4) is 11.1 Å². The Balaban J connectivity index is 2.51. The molecule has 0 amide bonds.